The summed E-state index contributed by atoms with van der Waals surface area (Å²) >= 11 is 0. The largest absolute Gasteiger partial charge is 0.463 e. The van der Waals surface area contributed by atoms with E-state index in [9.17, 15) is 4.79 Å². The smallest absolute Gasteiger partial charge is 0.404 e. The Kier molecular flexibility index (Phi) is 4.13. The number of benzene rings is 1. The molecule has 0 unspecified atom stereocenters. The lowest BCUT2D eigenvalue weighted by atomic mass is 10.1. The molecule has 0 spiro atoms. The Hall–Kier alpha value is -3.95. The van der Waals surface area contributed by atoms with Crippen molar-refractivity contribution in [2.75, 3.05) is 5.73 Å². The number of nitrogens with two attached hydrogens (primary N) is 2. The van der Waals surface area contributed by atoms with Crippen molar-refractivity contribution in [3.05, 3.63) is 53.8 Å². The summed E-state index contributed by atoms with van der Waals surface area (Å²) in [5.41, 5.74) is 14.0. The zero-order chi connectivity index (χ0) is 18.8. The lowest BCUT2D eigenvalue weighted by Crippen LogP contribution is -2.12. The first-order valence-electron chi connectivity index (χ1n) is 8.01. The highest BCUT2D eigenvalue weighted by Crippen LogP contribution is 2.25. The Balaban J connectivity index is 1.67. The predicted molar refractivity (Wildman–Crippen MR) is 95.1 cm³/mol. The van der Waals surface area contributed by atoms with Crippen LogP contribution < -0.4 is 11.5 Å². The third kappa shape index (κ3) is 3.40. The number of nitrogens with zero attached hydrogens (tertiary/aromatic N) is 5. The van der Waals surface area contributed by atoms with Crippen molar-refractivity contribution >= 4 is 23.2 Å². The van der Waals surface area contributed by atoms with Gasteiger partial charge in [0, 0.05) is 0 Å². The molecule has 4 N–H and O–H groups in total. The molecular formula is C17H15N7O3. The Morgan fingerprint density at radius 2 is 2.04 bits per heavy atom. The standard InChI is InChI=1S/C17H15N7O3/c18-16-20-13(12-5-2-6-26-12)14-15(21-16)24(23-22-14)8-10-3-1-4-11(7-10)9-27-17(19)25/h1-7H,8-9H2,(H2,19,25)(H2,18,20,21). The summed E-state index contributed by atoms with van der Waals surface area (Å²) in [7, 11) is 0. The molecule has 3 aromatic heterocycles. The van der Waals surface area contributed by atoms with Crippen LogP contribution in [-0.2, 0) is 17.9 Å². The highest BCUT2D eigenvalue weighted by Gasteiger charge is 2.17. The zero-order valence-electron chi connectivity index (χ0n) is 14.1. The van der Waals surface area contributed by atoms with E-state index in [1.165, 1.54) is 0 Å². The molecule has 10 nitrogen and oxygen atoms in total. The van der Waals surface area contributed by atoms with Crippen LogP contribution in [0.5, 0.6) is 0 Å². The molecule has 0 aliphatic rings. The maximum atomic E-state index is 10.8. The van der Waals surface area contributed by atoms with Gasteiger partial charge in [0.1, 0.15) is 12.3 Å². The predicted octanol–water partition coefficient (Wildman–Crippen LogP) is 1.71. The summed E-state index contributed by atoms with van der Waals surface area (Å²) in [5, 5.41) is 8.35. The van der Waals surface area contributed by atoms with Crippen molar-refractivity contribution in [3.63, 3.8) is 0 Å². The van der Waals surface area contributed by atoms with Crippen LogP contribution in [0.25, 0.3) is 22.6 Å². The summed E-state index contributed by atoms with van der Waals surface area (Å²) in [6, 6.07) is 11.0. The fourth-order valence-corrected chi connectivity index (χ4v) is 2.71. The van der Waals surface area contributed by atoms with E-state index in [4.69, 9.17) is 20.6 Å². The summed E-state index contributed by atoms with van der Waals surface area (Å²) in [4.78, 5) is 19.2. The normalized spacial score (nSPS) is 11.0. The second-order valence-electron chi connectivity index (χ2n) is 5.75. The first kappa shape index (κ1) is 16.5. The van der Waals surface area contributed by atoms with Gasteiger partial charge in [-0.25, -0.2) is 14.5 Å². The van der Waals surface area contributed by atoms with Crippen LogP contribution in [0.4, 0.5) is 10.7 Å². The van der Waals surface area contributed by atoms with Crippen LogP contribution in [0.2, 0.25) is 0 Å². The maximum Gasteiger partial charge on any atom is 0.404 e. The molecule has 27 heavy (non-hydrogen) atoms. The molecule has 4 rings (SSSR count). The van der Waals surface area contributed by atoms with Crippen molar-refractivity contribution in [1.82, 2.24) is 25.0 Å². The first-order valence-corrected chi connectivity index (χ1v) is 8.01. The lowest BCUT2D eigenvalue weighted by Gasteiger charge is -2.06. The summed E-state index contributed by atoms with van der Waals surface area (Å²) in [6.07, 6.45) is 0.726. The highest BCUT2D eigenvalue weighted by atomic mass is 16.5. The Morgan fingerprint density at radius 1 is 1.19 bits per heavy atom. The third-order valence-electron chi connectivity index (χ3n) is 3.84. The molecule has 0 saturated carbocycles. The number of ether oxygens (including phenoxy) is 1. The Morgan fingerprint density at radius 3 is 2.81 bits per heavy atom. The van der Waals surface area contributed by atoms with Gasteiger partial charge in [0.2, 0.25) is 5.95 Å². The zero-order valence-corrected chi connectivity index (χ0v) is 14.1. The van der Waals surface area contributed by atoms with Crippen molar-refractivity contribution in [2.45, 2.75) is 13.2 Å². The molecule has 1 aromatic carbocycles. The average Bonchev–Trinajstić information content (AvgIpc) is 3.30. The third-order valence-corrected chi connectivity index (χ3v) is 3.84. The molecule has 0 aliphatic heterocycles. The summed E-state index contributed by atoms with van der Waals surface area (Å²) in [6.45, 7) is 0.494. The van der Waals surface area contributed by atoms with Crippen LogP contribution >= 0.6 is 0 Å². The number of hydrogen-bond acceptors (Lipinski definition) is 8. The number of furan rings is 1. The Labute approximate surface area is 152 Å². The number of primary amides is 1. The molecule has 0 saturated heterocycles. The number of anilines is 1. The van der Waals surface area contributed by atoms with Gasteiger partial charge >= 0.3 is 6.09 Å². The first-order chi connectivity index (χ1) is 13.1. The van der Waals surface area contributed by atoms with Gasteiger partial charge in [-0.15, -0.1) is 5.10 Å². The SMILES string of the molecule is NC(=O)OCc1cccc(Cn2nnc3c(-c4ccco4)nc(N)nc32)c1. The van der Waals surface area contributed by atoms with Gasteiger partial charge in [0.05, 0.1) is 12.8 Å². The molecule has 10 heteroatoms. The van der Waals surface area contributed by atoms with E-state index in [1.807, 2.05) is 24.3 Å². The second-order valence-corrected chi connectivity index (χ2v) is 5.75. The minimum atomic E-state index is -0.819. The number of carbonyl (C=O) groups excluding carboxylic acids is 1. The number of amides is 1. The molecule has 0 radical (unpaired) electrons. The Bertz CT molecular complexity index is 1110. The topological polar surface area (TPSA) is 148 Å². The highest BCUT2D eigenvalue weighted by molar-refractivity contribution is 5.85. The number of rotatable bonds is 5. The van der Waals surface area contributed by atoms with Crippen LogP contribution in [0.1, 0.15) is 11.1 Å². The molecular weight excluding hydrogens is 350 g/mol. The van der Waals surface area contributed by atoms with Crippen LogP contribution in [0.3, 0.4) is 0 Å². The van der Waals surface area contributed by atoms with E-state index in [0.717, 1.165) is 11.1 Å². The fraction of sp³-hybridized carbons (Fsp3) is 0.118. The van der Waals surface area contributed by atoms with Gasteiger partial charge in [-0.05, 0) is 23.3 Å². The van der Waals surface area contributed by atoms with Crippen molar-refractivity contribution < 1.29 is 13.9 Å². The maximum absolute atomic E-state index is 10.8. The monoisotopic (exact) mass is 365 g/mol. The number of fused-ring (bicyclic) bond motifs is 1. The van der Waals surface area contributed by atoms with E-state index in [1.54, 1.807) is 23.1 Å². The number of carbonyl (C=O) groups is 1. The second kappa shape index (κ2) is 6.75. The average molecular weight is 365 g/mol. The molecule has 1 amide bonds. The van der Waals surface area contributed by atoms with Gasteiger partial charge in [-0.2, -0.15) is 4.98 Å². The van der Waals surface area contributed by atoms with E-state index in [2.05, 4.69) is 20.3 Å². The minimum absolute atomic E-state index is 0.0963. The van der Waals surface area contributed by atoms with E-state index in [-0.39, 0.29) is 12.6 Å². The molecule has 0 aliphatic carbocycles. The van der Waals surface area contributed by atoms with Gasteiger partial charge in [0.15, 0.2) is 16.9 Å². The van der Waals surface area contributed by atoms with Crippen LogP contribution in [0, 0.1) is 0 Å². The quantitative estimate of drug-likeness (QED) is 0.543. The van der Waals surface area contributed by atoms with E-state index in [0.29, 0.717) is 29.2 Å². The van der Waals surface area contributed by atoms with Gasteiger partial charge < -0.3 is 20.6 Å². The van der Waals surface area contributed by atoms with Gasteiger partial charge in [0.25, 0.3) is 0 Å². The van der Waals surface area contributed by atoms with Gasteiger partial charge in [-0.1, -0.05) is 29.5 Å². The number of aromatic nitrogens is 5. The minimum Gasteiger partial charge on any atom is -0.463 e. The van der Waals surface area contributed by atoms with E-state index < -0.39 is 6.09 Å². The fourth-order valence-electron chi connectivity index (χ4n) is 2.71. The molecule has 136 valence electrons. The van der Waals surface area contributed by atoms with Gasteiger partial charge in [-0.3, -0.25) is 0 Å². The van der Waals surface area contributed by atoms with Crippen molar-refractivity contribution in [3.8, 4) is 11.5 Å². The molecule has 0 bridgehead atoms. The molecule has 0 fully saturated rings. The van der Waals surface area contributed by atoms with E-state index >= 15 is 0 Å². The number of hydrogen-bond donors (Lipinski definition) is 2. The summed E-state index contributed by atoms with van der Waals surface area (Å²) in [5.74, 6) is 0.632. The molecule has 0 atom stereocenters. The van der Waals surface area contributed by atoms with Crippen molar-refractivity contribution in [1.29, 1.82) is 0 Å². The molecule has 4 aromatic rings. The molecule has 3 heterocycles. The van der Waals surface area contributed by atoms with Crippen LogP contribution in [-0.4, -0.2) is 31.1 Å². The lowest BCUT2D eigenvalue weighted by molar-refractivity contribution is 0.150. The van der Waals surface area contributed by atoms with Crippen LogP contribution in [0.15, 0.2) is 47.1 Å². The number of nitrogen functional groups attached to an aromatic ring is 1. The summed E-state index contributed by atoms with van der Waals surface area (Å²) < 4.78 is 11.8. The van der Waals surface area contributed by atoms with Crippen molar-refractivity contribution in [2.24, 2.45) is 5.73 Å².